The van der Waals surface area contributed by atoms with Gasteiger partial charge < -0.3 is 10.2 Å². The van der Waals surface area contributed by atoms with E-state index in [0.717, 1.165) is 29.8 Å². The lowest BCUT2D eigenvalue weighted by atomic mass is 9.99. The smallest absolute Gasteiger partial charge is 0.145 e. The summed E-state index contributed by atoms with van der Waals surface area (Å²) in [5, 5.41) is 3.49. The first kappa shape index (κ1) is 33.0. The van der Waals surface area contributed by atoms with Crippen molar-refractivity contribution in [3.63, 3.8) is 0 Å². The summed E-state index contributed by atoms with van der Waals surface area (Å²) in [4.78, 5) is 16.8. The van der Waals surface area contributed by atoms with E-state index in [1.165, 1.54) is 17.3 Å². The molecule has 0 aromatic heterocycles. The van der Waals surface area contributed by atoms with E-state index >= 15 is 0 Å². The van der Waals surface area contributed by atoms with Gasteiger partial charge in [0.15, 0.2) is 0 Å². The van der Waals surface area contributed by atoms with E-state index in [2.05, 4.69) is 73.5 Å². The highest BCUT2D eigenvalue weighted by Gasteiger charge is 2.38. The average molecular weight is 466 g/mol. The maximum Gasteiger partial charge on any atom is 0.145 e. The number of rotatable bonds is 6. The standard InChI is InChI=1S/C19H24N2O.C7H11N.2C2H6/c1-14-7-6-8-17(11-14)12-19(4)20-16(3)18(21(19)5)10-9-15(2)13-22;1-4-6-7(3)8-5-2;2*1-2/h6-11,13,20H,3,12H2,1-2,4-5H3;4-6H,2H2,1,3H3;2*1-2H3/b15-9-,18-10-;6-4-,8-7?;;. The molecule has 0 aliphatic carbocycles. The summed E-state index contributed by atoms with van der Waals surface area (Å²) in [6.07, 6.45) is 10.9. The second kappa shape index (κ2) is 18.3. The zero-order valence-corrected chi connectivity index (χ0v) is 23.2. The fourth-order valence-corrected chi connectivity index (χ4v) is 3.21. The number of likely N-dealkylation sites (N-methyl/N-ethyl adjacent to an activating group) is 1. The molecule has 1 aromatic carbocycles. The van der Waals surface area contributed by atoms with E-state index < -0.39 is 0 Å². The zero-order chi connectivity index (χ0) is 26.7. The van der Waals surface area contributed by atoms with Gasteiger partial charge in [-0.2, -0.15) is 0 Å². The summed E-state index contributed by atoms with van der Waals surface area (Å²) in [7, 11) is 2.05. The average Bonchev–Trinajstić information content (AvgIpc) is 3.03. The van der Waals surface area contributed by atoms with Crippen molar-refractivity contribution in [3.05, 3.63) is 96.0 Å². The third-order valence-electron chi connectivity index (χ3n) is 4.85. The SMILES string of the molecule is C=C1NC(C)(Cc2cccc(C)c2)N(C)/C1=C\C=C(\C)C=O.C=CN=C(C)/C=C\C.CC.CC. The molecule has 1 heterocycles. The monoisotopic (exact) mass is 465 g/mol. The molecule has 1 saturated heterocycles. The summed E-state index contributed by atoms with van der Waals surface area (Å²) >= 11 is 0. The van der Waals surface area contributed by atoms with Crippen molar-refractivity contribution in [2.75, 3.05) is 7.05 Å². The summed E-state index contributed by atoms with van der Waals surface area (Å²) in [5.41, 5.74) is 5.91. The lowest BCUT2D eigenvalue weighted by Crippen LogP contribution is -2.48. The molecule has 1 aliphatic heterocycles. The van der Waals surface area contributed by atoms with Gasteiger partial charge in [-0.15, -0.1) is 0 Å². The Morgan fingerprint density at radius 3 is 2.32 bits per heavy atom. The van der Waals surface area contributed by atoms with Crippen LogP contribution in [0, 0.1) is 6.92 Å². The van der Waals surface area contributed by atoms with Gasteiger partial charge in [-0.1, -0.05) is 82.8 Å². The third kappa shape index (κ3) is 11.6. The van der Waals surface area contributed by atoms with Crippen LogP contribution in [-0.2, 0) is 11.2 Å². The van der Waals surface area contributed by atoms with E-state index in [0.29, 0.717) is 5.57 Å². The number of aldehydes is 1. The fraction of sp³-hybridized carbons (Fsp3) is 0.400. The van der Waals surface area contributed by atoms with E-state index in [-0.39, 0.29) is 5.66 Å². The maximum absolute atomic E-state index is 10.7. The normalized spacial score (nSPS) is 18.7. The molecule has 1 aromatic rings. The summed E-state index contributed by atoms with van der Waals surface area (Å²) < 4.78 is 0. The van der Waals surface area contributed by atoms with Crippen LogP contribution in [0.25, 0.3) is 0 Å². The molecule has 4 heteroatoms. The second-order valence-electron chi connectivity index (χ2n) is 7.64. The van der Waals surface area contributed by atoms with Gasteiger partial charge in [0.25, 0.3) is 0 Å². The lowest BCUT2D eigenvalue weighted by molar-refractivity contribution is -0.104. The molecule has 0 saturated carbocycles. The molecule has 34 heavy (non-hydrogen) atoms. The van der Waals surface area contributed by atoms with Crippen molar-refractivity contribution in [1.29, 1.82) is 0 Å². The molecule has 188 valence electrons. The van der Waals surface area contributed by atoms with Crippen LogP contribution in [0.4, 0.5) is 0 Å². The number of carbonyl (C=O) groups excluding carboxylic acids is 1. The number of benzene rings is 1. The van der Waals surface area contributed by atoms with Crippen molar-refractivity contribution in [2.24, 2.45) is 4.99 Å². The predicted molar refractivity (Wildman–Crippen MR) is 152 cm³/mol. The van der Waals surface area contributed by atoms with E-state index in [9.17, 15) is 4.79 Å². The van der Waals surface area contributed by atoms with Crippen LogP contribution in [0.2, 0.25) is 0 Å². The fourth-order valence-electron chi connectivity index (χ4n) is 3.21. The van der Waals surface area contributed by atoms with Crippen LogP contribution in [0.15, 0.2) is 89.9 Å². The molecule has 2 rings (SSSR count). The molecule has 1 atom stereocenters. The number of carbonyl (C=O) groups is 1. The van der Waals surface area contributed by atoms with Crippen LogP contribution in [0.1, 0.15) is 66.5 Å². The highest BCUT2D eigenvalue weighted by molar-refractivity contribution is 5.93. The molecule has 1 unspecified atom stereocenters. The van der Waals surface area contributed by atoms with Gasteiger partial charge in [-0.05, 0) is 57.9 Å². The van der Waals surface area contributed by atoms with E-state index in [4.69, 9.17) is 0 Å². The molecular weight excluding hydrogens is 418 g/mol. The minimum Gasteiger partial charge on any atom is -0.361 e. The molecule has 1 fully saturated rings. The van der Waals surface area contributed by atoms with Crippen LogP contribution >= 0.6 is 0 Å². The Labute approximate surface area is 209 Å². The zero-order valence-electron chi connectivity index (χ0n) is 23.2. The Hall–Kier alpha value is -3.14. The largest absolute Gasteiger partial charge is 0.361 e. The Balaban J connectivity index is 0. The molecule has 0 bridgehead atoms. The first-order valence-electron chi connectivity index (χ1n) is 12.1. The molecule has 0 amide bonds. The predicted octanol–water partition coefficient (Wildman–Crippen LogP) is 7.55. The van der Waals surface area contributed by atoms with Gasteiger partial charge in [0, 0.05) is 25.4 Å². The highest BCUT2D eigenvalue weighted by Crippen LogP contribution is 2.31. The van der Waals surface area contributed by atoms with Gasteiger partial charge >= 0.3 is 0 Å². The minimum absolute atomic E-state index is 0.223. The number of allylic oxidation sites excluding steroid dienone is 5. The van der Waals surface area contributed by atoms with Gasteiger partial charge in [-0.25, -0.2) is 0 Å². The van der Waals surface area contributed by atoms with Crippen molar-refractivity contribution in [3.8, 4) is 0 Å². The van der Waals surface area contributed by atoms with Crippen molar-refractivity contribution in [1.82, 2.24) is 10.2 Å². The van der Waals surface area contributed by atoms with E-state index in [1.54, 1.807) is 6.92 Å². The Bertz CT molecular complexity index is 890. The first-order valence-corrected chi connectivity index (χ1v) is 12.1. The number of aliphatic imine (C=N–C) groups is 1. The van der Waals surface area contributed by atoms with Gasteiger partial charge in [0.05, 0.1) is 11.4 Å². The van der Waals surface area contributed by atoms with Crippen LogP contribution in [0.5, 0.6) is 0 Å². The number of nitrogens with one attached hydrogen (secondary N) is 1. The van der Waals surface area contributed by atoms with Crippen molar-refractivity contribution < 1.29 is 4.79 Å². The molecule has 1 N–H and O–H groups in total. The van der Waals surface area contributed by atoms with Gasteiger partial charge in [0.2, 0.25) is 0 Å². The lowest BCUT2D eigenvalue weighted by Gasteiger charge is -2.34. The molecule has 0 radical (unpaired) electrons. The molecule has 0 spiro atoms. The summed E-state index contributed by atoms with van der Waals surface area (Å²) in [6.45, 7) is 25.5. The Morgan fingerprint density at radius 1 is 1.21 bits per heavy atom. The van der Waals surface area contributed by atoms with Crippen LogP contribution in [-0.4, -0.2) is 29.6 Å². The summed E-state index contributed by atoms with van der Waals surface area (Å²) in [6, 6.07) is 8.55. The quantitative estimate of drug-likeness (QED) is 0.268. The number of hydrogen-bond donors (Lipinski definition) is 1. The van der Waals surface area contributed by atoms with Crippen molar-refractivity contribution >= 4 is 12.0 Å². The molecule has 4 nitrogen and oxygen atoms in total. The number of nitrogens with zero attached hydrogens (tertiary/aromatic N) is 2. The Kier molecular flexibility index (Phi) is 17.8. The Morgan fingerprint density at radius 2 is 1.82 bits per heavy atom. The minimum atomic E-state index is -0.223. The van der Waals surface area contributed by atoms with Gasteiger partial charge in [-0.3, -0.25) is 9.79 Å². The topological polar surface area (TPSA) is 44.7 Å². The third-order valence-corrected chi connectivity index (χ3v) is 4.85. The molecule has 1 aliphatic rings. The van der Waals surface area contributed by atoms with Crippen molar-refractivity contribution in [2.45, 2.75) is 74.4 Å². The van der Waals surface area contributed by atoms with Gasteiger partial charge in [0.1, 0.15) is 11.9 Å². The first-order chi connectivity index (χ1) is 16.2. The van der Waals surface area contributed by atoms with Crippen LogP contribution in [0.3, 0.4) is 0 Å². The highest BCUT2D eigenvalue weighted by atomic mass is 16.1. The maximum atomic E-state index is 10.7. The second-order valence-corrected chi connectivity index (χ2v) is 7.64. The van der Waals surface area contributed by atoms with E-state index in [1.807, 2.05) is 65.8 Å². The summed E-state index contributed by atoms with van der Waals surface area (Å²) in [5.74, 6) is 0. The molecular formula is C30H47N3O. The number of hydrogen-bond acceptors (Lipinski definition) is 4. The number of aryl methyl sites for hydroxylation is 1. The van der Waals surface area contributed by atoms with Crippen LogP contribution < -0.4 is 5.32 Å².